The number of halogens is 1. The molecule has 0 unspecified atom stereocenters. The molecule has 14 heavy (non-hydrogen) atoms. The monoisotopic (exact) mass is 247 g/mol. The lowest BCUT2D eigenvalue weighted by atomic mass is 10.1. The van der Waals surface area contributed by atoms with Crippen molar-refractivity contribution >= 4 is 15.9 Å². The molecule has 1 nitrogen and oxygen atoms in total. The molecule has 0 amide bonds. The Morgan fingerprint density at radius 2 is 1.79 bits per heavy atom. The van der Waals surface area contributed by atoms with Gasteiger partial charge in [0.15, 0.2) is 0 Å². The lowest BCUT2D eigenvalue weighted by molar-refractivity contribution is 1.26. The molecule has 2 heteroatoms. The lowest BCUT2D eigenvalue weighted by Gasteiger charge is -2.01. The van der Waals surface area contributed by atoms with Gasteiger partial charge in [-0.15, -0.1) is 0 Å². The smallest absolute Gasteiger partial charge is 0.0346 e. The fourth-order valence-electron chi connectivity index (χ4n) is 1.35. The van der Waals surface area contributed by atoms with Crippen molar-refractivity contribution in [1.29, 1.82) is 0 Å². The molecule has 1 aromatic carbocycles. The van der Waals surface area contributed by atoms with Crippen molar-refractivity contribution in [1.82, 2.24) is 4.98 Å². The minimum Gasteiger partial charge on any atom is -0.264 e. The average Bonchev–Trinajstić information content (AvgIpc) is 2.30. The molecular weight excluding hydrogens is 238 g/mol. The largest absolute Gasteiger partial charge is 0.264 e. The maximum atomic E-state index is 4.20. The number of benzene rings is 1. The molecule has 0 aliphatic rings. The Balaban J connectivity index is 2.42. The van der Waals surface area contributed by atoms with Crippen LogP contribution in [-0.2, 0) is 5.33 Å². The Bertz CT molecular complexity index is 412. The van der Waals surface area contributed by atoms with Crippen LogP contribution in [0.1, 0.15) is 5.56 Å². The molecule has 0 saturated carbocycles. The summed E-state index contributed by atoms with van der Waals surface area (Å²) in [5, 5.41) is 0.848. The molecule has 0 aliphatic carbocycles. The van der Waals surface area contributed by atoms with Gasteiger partial charge in [0.1, 0.15) is 0 Å². The van der Waals surface area contributed by atoms with Crippen LogP contribution in [0.25, 0.3) is 11.1 Å². The summed E-state index contributed by atoms with van der Waals surface area (Å²) in [5.74, 6) is 0. The Kier molecular flexibility index (Phi) is 2.94. The summed E-state index contributed by atoms with van der Waals surface area (Å²) in [4.78, 5) is 4.20. The number of pyridine rings is 1. The van der Waals surface area contributed by atoms with Gasteiger partial charge in [-0.05, 0) is 17.2 Å². The molecule has 1 aromatic heterocycles. The minimum absolute atomic E-state index is 0.848. The summed E-state index contributed by atoms with van der Waals surface area (Å²) in [7, 11) is 0. The van der Waals surface area contributed by atoms with E-state index in [1.807, 2.05) is 30.6 Å². The standard InChI is InChI=1S/C12H10BrN/c13-7-10-6-12(9-14-8-10)11-4-2-1-3-5-11/h1-6,8-9H,7H2. The van der Waals surface area contributed by atoms with Gasteiger partial charge in [0, 0.05) is 23.3 Å². The predicted octanol–water partition coefficient (Wildman–Crippen LogP) is 3.64. The van der Waals surface area contributed by atoms with Gasteiger partial charge in [-0.1, -0.05) is 46.3 Å². The molecule has 0 atom stereocenters. The van der Waals surface area contributed by atoms with E-state index in [0.29, 0.717) is 0 Å². The van der Waals surface area contributed by atoms with Crippen molar-refractivity contribution in [2.24, 2.45) is 0 Å². The van der Waals surface area contributed by atoms with E-state index >= 15 is 0 Å². The van der Waals surface area contributed by atoms with Crippen LogP contribution in [-0.4, -0.2) is 4.98 Å². The van der Waals surface area contributed by atoms with Gasteiger partial charge in [0.25, 0.3) is 0 Å². The first-order valence-corrected chi connectivity index (χ1v) is 5.57. The number of alkyl halides is 1. The normalized spacial score (nSPS) is 10.1. The van der Waals surface area contributed by atoms with Crippen LogP contribution in [0.3, 0.4) is 0 Å². The van der Waals surface area contributed by atoms with Crippen LogP contribution < -0.4 is 0 Å². The summed E-state index contributed by atoms with van der Waals surface area (Å²) < 4.78 is 0. The highest BCUT2D eigenvalue weighted by atomic mass is 79.9. The highest BCUT2D eigenvalue weighted by Crippen LogP contribution is 2.19. The molecule has 70 valence electrons. The molecule has 0 N–H and O–H groups in total. The quantitative estimate of drug-likeness (QED) is 0.739. The minimum atomic E-state index is 0.848. The predicted molar refractivity (Wildman–Crippen MR) is 62.3 cm³/mol. The SMILES string of the molecule is BrCc1cncc(-c2ccccc2)c1. The summed E-state index contributed by atoms with van der Waals surface area (Å²) in [6, 6.07) is 12.4. The Hall–Kier alpha value is -1.15. The summed E-state index contributed by atoms with van der Waals surface area (Å²) in [6.45, 7) is 0. The van der Waals surface area contributed by atoms with E-state index in [4.69, 9.17) is 0 Å². The second kappa shape index (κ2) is 4.38. The van der Waals surface area contributed by atoms with Crippen LogP contribution in [0, 0.1) is 0 Å². The van der Waals surface area contributed by atoms with Crippen LogP contribution in [0.2, 0.25) is 0 Å². The zero-order chi connectivity index (χ0) is 9.80. The summed E-state index contributed by atoms with van der Waals surface area (Å²) >= 11 is 3.42. The van der Waals surface area contributed by atoms with Crippen molar-refractivity contribution in [2.75, 3.05) is 0 Å². The molecule has 0 fully saturated rings. The third kappa shape index (κ3) is 2.02. The van der Waals surface area contributed by atoms with E-state index in [1.54, 1.807) is 0 Å². The summed E-state index contributed by atoms with van der Waals surface area (Å²) in [5.41, 5.74) is 3.58. The van der Waals surface area contributed by atoms with Gasteiger partial charge >= 0.3 is 0 Å². The molecule has 0 bridgehead atoms. The number of hydrogen-bond acceptors (Lipinski definition) is 1. The fourth-order valence-corrected chi connectivity index (χ4v) is 1.66. The Morgan fingerprint density at radius 3 is 2.50 bits per heavy atom. The van der Waals surface area contributed by atoms with Crippen LogP contribution in [0.4, 0.5) is 0 Å². The maximum absolute atomic E-state index is 4.20. The van der Waals surface area contributed by atoms with Crippen molar-refractivity contribution in [3.05, 3.63) is 54.4 Å². The second-order valence-corrected chi connectivity index (χ2v) is 3.64. The third-order valence-corrected chi connectivity index (χ3v) is 2.70. The van der Waals surface area contributed by atoms with Crippen molar-refractivity contribution in [3.63, 3.8) is 0 Å². The Morgan fingerprint density at radius 1 is 1.00 bits per heavy atom. The van der Waals surface area contributed by atoms with E-state index in [2.05, 4.69) is 39.1 Å². The highest BCUT2D eigenvalue weighted by molar-refractivity contribution is 9.08. The molecule has 0 aliphatic heterocycles. The van der Waals surface area contributed by atoms with Crippen molar-refractivity contribution < 1.29 is 0 Å². The van der Waals surface area contributed by atoms with Crippen LogP contribution in [0.15, 0.2) is 48.8 Å². The van der Waals surface area contributed by atoms with E-state index < -0.39 is 0 Å². The average molecular weight is 248 g/mol. The van der Waals surface area contributed by atoms with Crippen LogP contribution >= 0.6 is 15.9 Å². The lowest BCUT2D eigenvalue weighted by Crippen LogP contribution is -1.83. The molecule has 2 aromatic rings. The van der Waals surface area contributed by atoms with E-state index in [1.165, 1.54) is 16.7 Å². The van der Waals surface area contributed by atoms with E-state index in [9.17, 15) is 0 Å². The number of nitrogens with zero attached hydrogens (tertiary/aromatic N) is 1. The molecule has 1 heterocycles. The fraction of sp³-hybridized carbons (Fsp3) is 0.0833. The second-order valence-electron chi connectivity index (χ2n) is 3.08. The Labute approximate surface area is 91.9 Å². The molecule has 2 rings (SSSR count). The van der Waals surface area contributed by atoms with Gasteiger partial charge < -0.3 is 0 Å². The summed E-state index contributed by atoms with van der Waals surface area (Å²) in [6.07, 6.45) is 3.77. The first-order valence-electron chi connectivity index (χ1n) is 4.45. The van der Waals surface area contributed by atoms with Gasteiger partial charge in [0.2, 0.25) is 0 Å². The van der Waals surface area contributed by atoms with E-state index in [-0.39, 0.29) is 0 Å². The topological polar surface area (TPSA) is 12.9 Å². The van der Waals surface area contributed by atoms with Crippen LogP contribution in [0.5, 0.6) is 0 Å². The first-order chi connectivity index (χ1) is 6.90. The van der Waals surface area contributed by atoms with Gasteiger partial charge in [-0.3, -0.25) is 4.98 Å². The van der Waals surface area contributed by atoms with Gasteiger partial charge in [-0.2, -0.15) is 0 Å². The van der Waals surface area contributed by atoms with Gasteiger partial charge in [0.05, 0.1) is 0 Å². The number of aromatic nitrogens is 1. The van der Waals surface area contributed by atoms with Crippen molar-refractivity contribution in [2.45, 2.75) is 5.33 Å². The first kappa shape index (κ1) is 9.41. The molecule has 0 radical (unpaired) electrons. The maximum Gasteiger partial charge on any atom is 0.0346 e. The molecule has 0 saturated heterocycles. The zero-order valence-corrected chi connectivity index (χ0v) is 9.24. The van der Waals surface area contributed by atoms with Gasteiger partial charge in [-0.25, -0.2) is 0 Å². The number of rotatable bonds is 2. The molecule has 0 spiro atoms. The van der Waals surface area contributed by atoms with E-state index in [0.717, 1.165) is 5.33 Å². The third-order valence-electron chi connectivity index (χ3n) is 2.06. The number of hydrogen-bond donors (Lipinski definition) is 0. The van der Waals surface area contributed by atoms with Crippen molar-refractivity contribution in [3.8, 4) is 11.1 Å². The molecular formula is C12H10BrN. The highest BCUT2D eigenvalue weighted by Gasteiger charge is 1.97. The zero-order valence-electron chi connectivity index (χ0n) is 7.65.